The van der Waals surface area contributed by atoms with E-state index in [4.69, 9.17) is 5.11 Å². The SMILES string of the molecule is CN1CCCC1CNS(=O)(=O)c1cc(CO)ccc1Br. The second kappa shape index (κ2) is 6.53. The van der Waals surface area contributed by atoms with Crippen molar-refractivity contribution in [3.05, 3.63) is 28.2 Å². The molecule has 1 atom stereocenters. The fourth-order valence-electron chi connectivity index (χ4n) is 2.37. The molecule has 0 aliphatic carbocycles. The van der Waals surface area contributed by atoms with Gasteiger partial charge >= 0.3 is 0 Å². The maximum Gasteiger partial charge on any atom is 0.241 e. The molecule has 0 radical (unpaired) electrons. The standard InChI is InChI=1S/C13H19BrN2O3S/c1-16-6-2-3-11(16)8-15-20(18,19)13-7-10(9-17)4-5-12(13)14/h4-5,7,11,15,17H,2-3,6,8-9H2,1H3. The van der Waals surface area contributed by atoms with E-state index < -0.39 is 10.0 Å². The lowest BCUT2D eigenvalue weighted by Crippen LogP contribution is -2.38. The Morgan fingerprint density at radius 3 is 2.85 bits per heavy atom. The van der Waals surface area contributed by atoms with E-state index >= 15 is 0 Å². The number of nitrogens with zero attached hydrogens (tertiary/aromatic N) is 1. The van der Waals surface area contributed by atoms with Gasteiger partial charge in [-0.05, 0) is 60.1 Å². The molecule has 2 N–H and O–H groups in total. The van der Waals surface area contributed by atoms with Crippen LogP contribution in [0.15, 0.2) is 27.6 Å². The summed E-state index contributed by atoms with van der Waals surface area (Å²) in [6, 6.07) is 5.07. The molecule has 0 aromatic heterocycles. The van der Waals surface area contributed by atoms with Crippen LogP contribution in [0.4, 0.5) is 0 Å². The van der Waals surface area contributed by atoms with Crippen molar-refractivity contribution >= 4 is 26.0 Å². The van der Waals surface area contributed by atoms with E-state index in [1.54, 1.807) is 12.1 Å². The molecule has 1 heterocycles. The van der Waals surface area contributed by atoms with Gasteiger partial charge in [-0.25, -0.2) is 13.1 Å². The molecule has 1 saturated heterocycles. The molecule has 112 valence electrons. The molecule has 5 nitrogen and oxygen atoms in total. The highest BCUT2D eigenvalue weighted by atomic mass is 79.9. The third kappa shape index (κ3) is 3.59. The zero-order valence-electron chi connectivity index (χ0n) is 11.3. The van der Waals surface area contributed by atoms with Crippen LogP contribution >= 0.6 is 15.9 Å². The number of aliphatic hydroxyl groups excluding tert-OH is 1. The summed E-state index contributed by atoms with van der Waals surface area (Å²) in [5.74, 6) is 0. The van der Waals surface area contributed by atoms with Gasteiger partial charge in [-0.1, -0.05) is 6.07 Å². The Morgan fingerprint density at radius 1 is 1.50 bits per heavy atom. The highest BCUT2D eigenvalue weighted by Crippen LogP contribution is 2.23. The lowest BCUT2D eigenvalue weighted by molar-refractivity contribution is 0.281. The Hall–Kier alpha value is -0.470. The van der Waals surface area contributed by atoms with Crippen LogP contribution in [-0.2, 0) is 16.6 Å². The van der Waals surface area contributed by atoms with E-state index in [1.807, 2.05) is 7.05 Å². The Balaban J connectivity index is 2.13. The summed E-state index contributed by atoms with van der Waals surface area (Å²) in [4.78, 5) is 2.34. The minimum atomic E-state index is -3.57. The minimum Gasteiger partial charge on any atom is -0.392 e. The first-order valence-electron chi connectivity index (χ1n) is 6.53. The van der Waals surface area contributed by atoms with E-state index in [0.717, 1.165) is 19.4 Å². The number of nitrogens with one attached hydrogen (secondary N) is 1. The van der Waals surface area contributed by atoms with Crippen LogP contribution in [0.2, 0.25) is 0 Å². The number of halogens is 1. The van der Waals surface area contributed by atoms with Gasteiger partial charge in [0.25, 0.3) is 0 Å². The van der Waals surface area contributed by atoms with Crippen molar-refractivity contribution in [1.29, 1.82) is 0 Å². The molecule has 20 heavy (non-hydrogen) atoms. The van der Waals surface area contributed by atoms with Crippen molar-refractivity contribution in [3.63, 3.8) is 0 Å². The predicted molar refractivity (Wildman–Crippen MR) is 80.9 cm³/mol. The Bertz CT molecular complexity index is 577. The number of hydrogen-bond donors (Lipinski definition) is 2. The van der Waals surface area contributed by atoms with E-state index in [9.17, 15) is 8.42 Å². The van der Waals surface area contributed by atoms with Gasteiger partial charge in [0, 0.05) is 17.1 Å². The highest BCUT2D eigenvalue weighted by molar-refractivity contribution is 9.10. The van der Waals surface area contributed by atoms with Gasteiger partial charge in [0.2, 0.25) is 10.0 Å². The molecule has 0 spiro atoms. The zero-order valence-corrected chi connectivity index (χ0v) is 13.7. The molecule has 0 bridgehead atoms. The van der Waals surface area contributed by atoms with Crippen LogP contribution in [0, 0.1) is 0 Å². The maximum atomic E-state index is 12.3. The van der Waals surface area contributed by atoms with Crippen molar-refractivity contribution in [3.8, 4) is 0 Å². The molecule has 1 unspecified atom stereocenters. The summed E-state index contributed by atoms with van der Waals surface area (Å²) in [5, 5.41) is 9.12. The summed E-state index contributed by atoms with van der Waals surface area (Å²) < 4.78 is 27.8. The quantitative estimate of drug-likeness (QED) is 0.828. The van der Waals surface area contributed by atoms with E-state index in [1.165, 1.54) is 6.07 Å². The molecular weight excluding hydrogens is 344 g/mol. The summed E-state index contributed by atoms with van der Waals surface area (Å²) in [7, 11) is -1.56. The third-order valence-electron chi connectivity index (χ3n) is 3.65. The van der Waals surface area contributed by atoms with Crippen molar-refractivity contribution in [2.45, 2.75) is 30.4 Å². The van der Waals surface area contributed by atoms with Gasteiger partial charge < -0.3 is 10.0 Å². The molecule has 1 fully saturated rings. The van der Waals surface area contributed by atoms with Crippen LogP contribution in [-0.4, -0.2) is 44.6 Å². The molecule has 1 aromatic carbocycles. The van der Waals surface area contributed by atoms with Crippen LogP contribution in [0.3, 0.4) is 0 Å². The monoisotopic (exact) mass is 362 g/mol. The van der Waals surface area contributed by atoms with Crippen molar-refractivity contribution in [1.82, 2.24) is 9.62 Å². The van der Waals surface area contributed by atoms with Gasteiger partial charge in [0.05, 0.1) is 11.5 Å². The summed E-state index contributed by atoms with van der Waals surface area (Å²) in [5.41, 5.74) is 0.576. The summed E-state index contributed by atoms with van der Waals surface area (Å²) >= 11 is 3.25. The Morgan fingerprint density at radius 2 is 2.25 bits per heavy atom. The largest absolute Gasteiger partial charge is 0.392 e. The number of rotatable bonds is 5. The number of sulfonamides is 1. The number of hydrogen-bond acceptors (Lipinski definition) is 4. The fourth-order valence-corrected chi connectivity index (χ4v) is 4.46. The molecule has 1 aromatic rings. The maximum absolute atomic E-state index is 12.3. The smallest absolute Gasteiger partial charge is 0.241 e. The van der Waals surface area contributed by atoms with Crippen LogP contribution in [0.5, 0.6) is 0 Å². The van der Waals surface area contributed by atoms with Gasteiger partial charge in [0.1, 0.15) is 0 Å². The van der Waals surface area contributed by atoms with Gasteiger partial charge in [0.15, 0.2) is 0 Å². The lowest BCUT2D eigenvalue weighted by Gasteiger charge is -2.20. The Labute approximate surface area is 128 Å². The van der Waals surface area contributed by atoms with Gasteiger partial charge in [-0.2, -0.15) is 0 Å². The zero-order chi connectivity index (χ0) is 14.8. The van der Waals surface area contributed by atoms with E-state index in [2.05, 4.69) is 25.6 Å². The van der Waals surface area contributed by atoms with Crippen molar-refractivity contribution in [2.24, 2.45) is 0 Å². The average Bonchev–Trinajstić information content (AvgIpc) is 2.82. The van der Waals surface area contributed by atoms with Gasteiger partial charge in [-0.3, -0.25) is 0 Å². The highest BCUT2D eigenvalue weighted by Gasteiger charge is 2.24. The van der Waals surface area contributed by atoms with E-state index in [-0.39, 0.29) is 17.5 Å². The topological polar surface area (TPSA) is 69.6 Å². The first-order chi connectivity index (χ1) is 9.44. The predicted octanol–water partition coefficient (Wildman–Crippen LogP) is 1.31. The number of likely N-dealkylation sites (N-methyl/N-ethyl adjacent to an activating group) is 1. The first kappa shape index (κ1) is 15.9. The fraction of sp³-hybridized carbons (Fsp3) is 0.538. The second-order valence-electron chi connectivity index (χ2n) is 5.05. The molecule has 0 saturated carbocycles. The number of benzene rings is 1. The molecule has 1 aliphatic heterocycles. The van der Waals surface area contributed by atoms with Crippen LogP contribution < -0.4 is 4.72 Å². The third-order valence-corrected chi connectivity index (χ3v) is 6.07. The number of aliphatic hydroxyl groups is 1. The molecule has 7 heteroatoms. The number of likely N-dealkylation sites (tertiary alicyclic amines) is 1. The lowest BCUT2D eigenvalue weighted by atomic mass is 10.2. The normalized spacial score (nSPS) is 20.4. The van der Waals surface area contributed by atoms with Crippen LogP contribution in [0.25, 0.3) is 0 Å². The van der Waals surface area contributed by atoms with Crippen LogP contribution in [0.1, 0.15) is 18.4 Å². The summed E-state index contributed by atoms with van der Waals surface area (Å²) in [6.07, 6.45) is 2.11. The van der Waals surface area contributed by atoms with Crippen molar-refractivity contribution < 1.29 is 13.5 Å². The van der Waals surface area contributed by atoms with E-state index in [0.29, 0.717) is 16.6 Å². The Kier molecular flexibility index (Phi) is 5.19. The molecule has 1 aliphatic rings. The molecular formula is C13H19BrN2O3S. The second-order valence-corrected chi connectivity index (χ2v) is 7.64. The average molecular weight is 363 g/mol. The molecule has 0 amide bonds. The molecule has 2 rings (SSSR count). The first-order valence-corrected chi connectivity index (χ1v) is 8.81. The summed E-state index contributed by atoms with van der Waals surface area (Å²) in [6.45, 7) is 1.24. The minimum absolute atomic E-state index is 0.171. The van der Waals surface area contributed by atoms with Gasteiger partial charge in [-0.15, -0.1) is 0 Å². The van der Waals surface area contributed by atoms with Crippen molar-refractivity contribution in [2.75, 3.05) is 20.1 Å².